The van der Waals surface area contributed by atoms with Crippen LogP contribution in [0.15, 0.2) is 12.7 Å². The lowest BCUT2D eigenvalue weighted by Gasteiger charge is -2.35. The Bertz CT molecular complexity index is 181. The van der Waals surface area contributed by atoms with Gasteiger partial charge in [-0.05, 0) is 38.6 Å². The van der Waals surface area contributed by atoms with Gasteiger partial charge in [0.05, 0.1) is 0 Å². The van der Waals surface area contributed by atoms with E-state index in [1.165, 1.54) is 0 Å². The van der Waals surface area contributed by atoms with E-state index in [4.69, 9.17) is 0 Å². The maximum absolute atomic E-state index is 13.7. The van der Waals surface area contributed by atoms with Crippen LogP contribution in [0.2, 0.25) is 0 Å². The Morgan fingerprint density at radius 2 is 2.29 bits per heavy atom. The van der Waals surface area contributed by atoms with Gasteiger partial charge >= 0.3 is 0 Å². The van der Waals surface area contributed by atoms with Crippen molar-refractivity contribution in [3.05, 3.63) is 12.7 Å². The highest BCUT2D eigenvalue weighted by molar-refractivity contribution is 4.89. The Balaban J connectivity index is 2.54. The van der Waals surface area contributed by atoms with Gasteiger partial charge in [0.15, 0.2) is 0 Å². The molecular weight excluding hydrogens is 177 g/mol. The van der Waals surface area contributed by atoms with Crippen molar-refractivity contribution in [1.82, 2.24) is 5.32 Å². The highest BCUT2D eigenvalue weighted by atomic mass is 19.1. The van der Waals surface area contributed by atoms with E-state index in [2.05, 4.69) is 18.8 Å². The lowest BCUT2D eigenvalue weighted by atomic mass is 9.78. The summed E-state index contributed by atoms with van der Waals surface area (Å²) in [7, 11) is 1.94. The van der Waals surface area contributed by atoms with Gasteiger partial charge in [0, 0.05) is 12.0 Å². The highest BCUT2D eigenvalue weighted by Gasteiger charge is 2.32. The maximum atomic E-state index is 13.7. The fraction of sp³-hybridized carbons (Fsp3) is 0.833. The van der Waals surface area contributed by atoms with Crippen molar-refractivity contribution in [3.8, 4) is 0 Å². The van der Waals surface area contributed by atoms with Crippen LogP contribution < -0.4 is 5.32 Å². The normalized spacial score (nSPS) is 35.2. The van der Waals surface area contributed by atoms with E-state index in [1.54, 1.807) is 0 Å². The molecule has 14 heavy (non-hydrogen) atoms. The minimum absolute atomic E-state index is 0.182. The molecule has 1 aliphatic rings. The second-order valence-corrected chi connectivity index (χ2v) is 4.45. The zero-order chi connectivity index (χ0) is 10.6. The number of allylic oxidation sites excluding steroid dienone is 1. The first-order valence-corrected chi connectivity index (χ1v) is 5.63. The van der Waals surface area contributed by atoms with Gasteiger partial charge in [0.25, 0.3) is 0 Å². The lowest BCUT2D eigenvalue weighted by Crippen LogP contribution is -2.42. The van der Waals surface area contributed by atoms with Crippen molar-refractivity contribution in [2.75, 3.05) is 7.05 Å². The first-order chi connectivity index (χ1) is 6.69. The summed E-state index contributed by atoms with van der Waals surface area (Å²) in [5, 5.41) is 3.24. The highest BCUT2D eigenvalue weighted by Crippen LogP contribution is 2.32. The zero-order valence-electron chi connectivity index (χ0n) is 9.30. The van der Waals surface area contributed by atoms with Gasteiger partial charge in [0.1, 0.15) is 6.17 Å². The van der Waals surface area contributed by atoms with Crippen molar-refractivity contribution in [2.45, 2.75) is 44.8 Å². The fourth-order valence-electron chi connectivity index (χ4n) is 2.41. The summed E-state index contributed by atoms with van der Waals surface area (Å²) in [6.45, 7) is 5.87. The van der Waals surface area contributed by atoms with Crippen LogP contribution in [0.3, 0.4) is 0 Å². The molecule has 0 heterocycles. The van der Waals surface area contributed by atoms with E-state index in [9.17, 15) is 4.39 Å². The molecule has 2 unspecified atom stereocenters. The molecule has 1 saturated carbocycles. The fourth-order valence-corrected chi connectivity index (χ4v) is 2.41. The summed E-state index contributed by atoms with van der Waals surface area (Å²) >= 11 is 0. The molecule has 1 nitrogen and oxygen atoms in total. The molecule has 0 aliphatic heterocycles. The summed E-state index contributed by atoms with van der Waals surface area (Å²) in [6, 6.07) is 0.362. The third-order valence-electron chi connectivity index (χ3n) is 3.39. The second kappa shape index (κ2) is 5.50. The molecule has 0 aromatic rings. The first kappa shape index (κ1) is 11.7. The number of rotatable bonds is 4. The van der Waals surface area contributed by atoms with Crippen molar-refractivity contribution in [3.63, 3.8) is 0 Å². The van der Waals surface area contributed by atoms with Gasteiger partial charge in [-0.3, -0.25) is 0 Å². The quantitative estimate of drug-likeness (QED) is 0.686. The average molecular weight is 199 g/mol. The van der Waals surface area contributed by atoms with Gasteiger partial charge < -0.3 is 5.32 Å². The monoisotopic (exact) mass is 199 g/mol. The standard InChI is InChI=1S/C12H22FN/c1-4-9(2)8-10-11(13)6-5-7-12(10)14-3/h4,9-12,14H,1,5-8H2,2-3H3/t9?,10?,11-,12+/m1/s1. The Morgan fingerprint density at radius 3 is 2.86 bits per heavy atom. The van der Waals surface area contributed by atoms with Crippen LogP contribution in [0.5, 0.6) is 0 Å². The Morgan fingerprint density at radius 1 is 1.57 bits per heavy atom. The van der Waals surface area contributed by atoms with Gasteiger partial charge in [0.2, 0.25) is 0 Å². The first-order valence-electron chi connectivity index (χ1n) is 5.63. The molecule has 1 aliphatic carbocycles. The van der Waals surface area contributed by atoms with Crippen LogP contribution >= 0.6 is 0 Å². The molecule has 0 bridgehead atoms. The van der Waals surface area contributed by atoms with Crippen LogP contribution in [-0.4, -0.2) is 19.3 Å². The third-order valence-corrected chi connectivity index (χ3v) is 3.39. The Kier molecular flexibility index (Phi) is 4.59. The van der Waals surface area contributed by atoms with E-state index in [0.717, 1.165) is 25.7 Å². The summed E-state index contributed by atoms with van der Waals surface area (Å²) in [4.78, 5) is 0. The minimum Gasteiger partial charge on any atom is -0.317 e. The molecule has 0 spiro atoms. The molecule has 1 rings (SSSR count). The largest absolute Gasteiger partial charge is 0.317 e. The van der Waals surface area contributed by atoms with Crippen LogP contribution in [0.25, 0.3) is 0 Å². The molecule has 0 amide bonds. The Labute approximate surface area is 86.8 Å². The number of nitrogens with one attached hydrogen (secondary N) is 1. The molecule has 4 atom stereocenters. The molecule has 0 saturated heterocycles. The second-order valence-electron chi connectivity index (χ2n) is 4.45. The maximum Gasteiger partial charge on any atom is 0.104 e. The van der Waals surface area contributed by atoms with Crippen LogP contribution in [0, 0.1) is 11.8 Å². The molecule has 2 heteroatoms. The van der Waals surface area contributed by atoms with Crippen molar-refractivity contribution in [1.29, 1.82) is 0 Å². The summed E-state index contributed by atoms with van der Waals surface area (Å²) in [6.07, 6.45) is 5.11. The number of halogens is 1. The van der Waals surface area contributed by atoms with E-state index >= 15 is 0 Å². The van der Waals surface area contributed by atoms with Gasteiger partial charge in [-0.15, -0.1) is 6.58 Å². The smallest absolute Gasteiger partial charge is 0.104 e. The molecule has 82 valence electrons. The summed E-state index contributed by atoms with van der Waals surface area (Å²) < 4.78 is 13.7. The van der Waals surface area contributed by atoms with E-state index < -0.39 is 6.17 Å². The van der Waals surface area contributed by atoms with Crippen LogP contribution in [0.1, 0.15) is 32.6 Å². The molecule has 0 aromatic carbocycles. The van der Waals surface area contributed by atoms with Gasteiger partial charge in [-0.2, -0.15) is 0 Å². The topological polar surface area (TPSA) is 12.0 Å². The molecule has 1 N–H and O–H groups in total. The third kappa shape index (κ3) is 2.81. The van der Waals surface area contributed by atoms with E-state index in [0.29, 0.717) is 12.0 Å². The van der Waals surface area contributed by atoms with Crippen molar-refractivity contribution < 1.29 is 4.39 Å². The SMILES string of the molecule is C=CC(C)CC1[C@H](F)CCC[C@@H]1NC. The van der Waals surface area contributed by atoms with Crippen LogP contribution in [-0.2, 0) is 0 Å². The molecule has 0 aromatic heterocycles. The summed E-state index contributed by atoms with van der Waals surface area (Å²) in [5.41, 5.74) is 0. The Hall–Kier alpha value is -0.370. The summed E-state index contributed by atoms with van der Waals surface area (Å²) in [5.74, 6) is 0.606. The average Bonchev–Trinajstić information content (AvgIpc) is 2.20. The van der Waals surface area contributed by atoms with E-state index in [1.807, 2.05) is 13.1 Å². The molecule has 0 radical (unpaired) electrons. The van der Waals surface area contributed by atoms with Gasteiger partial charge in [-0.1, -0.05) is 13.0 Å². The number of alkyl halides is 1. The number of hydrogen-bond donors (Lipinski definition) is 1. The molecule has 1 fully saturated rings. The van der Waals surface area contributed by atoms with Crippen LogP contribution in [0.4, 0.5) is 4.39 Å². The predicted molar refractivity (Wildman–Crippen MR) is 59.1 cm³/mol. The van der Waals surface area contributed by atoms with E-state index in [-0.39, 0.29) is 5.92 Å². The lowest BCUT2D eigenvalue weighted by molar-refractivity contribution is 0.115. The van der Waals surface area contributed by atoms with Gasteiger partial charge in [-0.25, -0.2) is 4.39 Å². The molecular formula is C12H22FN. The zero-order valence-corrected chi connectivity index (χ0v) is 9.30. The predicted octanol–water partition coefficient (Wildman–Crippen LogP) is 2.92. The van der Waals surface area contributed by atoms with Crippen molar-refractivity contribution in [2.24, 2.45) is 11.8 Å². The number of hydrogen-bond acceptors (Lipinski definition) is 1. The minimum atomic E-state index is -0.622. The van der Waals surface area contributed by atoms with Crippen molar-refractivity contribution >= 4 is 0 Å².